The number of oxime groups is 1. The molecule has 1 aliphatic heterocycles. The van der Waals surface area contributed by atoms with Gasteiger partial charge in [0.2, 0.25) is 0 Å². The van der Waals surface area contributed by atoms with Gasteiger partial charge in [-0.15, -0.1) is 11.3 Å². The molecule has 160 valence electrons. The van der Waals surface area contributed by atoms with Crippen LogP contribution in [0.1, 0.15) is 23.8 Å². The van der Waals surface area contributed by atoms with Crippen molar-refractivity contribution in [3.8, 4) is 0 Å². The van der Waals surface area contributed by atoms with E-state index in [2.05, 4.69) is 15.8 Å². The van der Waals surface area contributed by atoms with Gasteiger partial charge in [-0.05, 0) is 23.4 Å². The van der Waals surface area contributed by atoms with E-state index >= 15 is 0 Å². The third kappa shape index (κ3) is 5.37. The lowest BCUT2D eigenvalue weighted by Crippen LogP contribution is -2.29. The lowest BCUT2D eigenvalue weighted by atomic mass is 10.1. The second-order valence-electron chi connectivity index (χ2n) is 6.90. The maximum absolute atomic E-state index is 14.0. The summed E-state index contributed by atoms with van der Waals surface area (Å²) in [5.41, 5.74) is 0.696. The molecule has 1 fully saturated rings. The molecule has 3 N–H and O–H groups in total. The van der Waals surface area contributed by atoms with Gasteiger partial charge in [0, 0.05) is 13.1 Å². The zero-order chi connectivity index (χ0) is 21.0. The number of hydrogen-bond acceptors (Lipinski definition) is 6. The molecule has 5 nitrogen and oxygen atoms in total. The predicted molar refractivity (Wildman–Crippen MR) is 107 cm³/mol. The number of fused-ring (bicyclic) bond motifs is 1. The lowest BCUT2D eigenvalue weighted by molar-refractivity contribution is -0.126. The molecule has 10 heteroatoms. The van der Waals surface area contributed by atoms with Crippen molar-refractivity contribution in [3.63, 3.8) is 0 Å². The number of nitrogens with zero attached hydrogens (tertiary/aromatic N) is 1. The summed E-state index contributed by atoms with van der Waals surface area (Å²) in [5, 5.41) is 19.4. The highest BCUT2D eigenvalue weighted by molar-refractivity contribution is 7.21. The van der Waals surface area contributed by atoms with Crippen LogP contribution in [0.25, 0.3) is 10.1 Å². The first-order valence-electron chi connectivity index (χ1n) is 9.35. The minimum absolute atomic E-state index is 0.104. The molecular weight excluding hydrogens is 410 g/mol. The summed E-state index contributed by atoms with van der Waals surface area (Å²) >= 11 is 1.15. The monoisotopic (exact) mass is 433 g/mol. The molecule has 3 rings (SSSR count). The number of aliphatic hydroxyl groups excluding tert-OH is 1. The number of anilines is 1. The number of aliphatic hydroxyl groups is 1. The molecule has 3 atom stereocenters. The normalized spacial score (nSPS) is 21.2. The summed E-state index contributed by atoms with van der Waals surface area (Å²) in [6.45, 7) is 2.26. The first-order valence-corrected chi connectivity index (χ1v) is 10.2. The Balaban J connectivity index is 1.96. The Morgan fingerprint density at radius 1 is 1.41 bits per heavy atom. The highest BCUT2D eigenvalue weighted by atomic mass is 32.1. The van der Waals surface area contributed by atoms with Gasteiger partial charge in [0.25, 0.3) is 0 Å². The fraction of sp³-hybridized carbons (Fsp3) is 0.526. The van der Waals surface area contributed by atoms with Crippen molar-refractivity contribution in [1.29, 1.82) is 0 Å². The predicted octanol–water partition coefficient (Wildman–Crippen LogP) is 3.85. The van der Waals surface area contributed by atoms with E-state index in [1.807, 2.05) is 0 Å². The molecule has 1 saturated heterocycles. The Kier molecular flexibility index (Phi) is 6.97. The Hall–Kier alpha value is -1.91. The molecule has 0 spiro atoms. The maximum Gasteiger partial charge on any atom is 0.393 e. The maximum atomic E-state index is 14.0. The summed E-state index contributed by atoms with van der Waals surface area (Å²) in [6, 6.07) is 4.57. The summed E-state index contributed by atoms with van der Waals surface area (Å²) in [4.78, 5) is 5.47. The van der Waals surface area contributed by atoms with Crippen LogP contribution in [0.2, 0.25) is 0 Å². The van der Waals surface area contributed by atoms with Crippen LogP contribution in [0.15, 0.2) is 23.4 Å². The average molecular weight is 433 g/mol. The number of rotatable bonds is 8. The number of alkyl halides is 4. The number of benzene rings is 1. The van der Waals surface area contributed by atoms with Gasteiger partial charge in [-0.2, -0.15) is 13.2 Å². The number of halogens is 4. The Bertz CT molecular complexity index is 852. The van der Waals surface area contributed by atoms with E-state index in [9.17, 15) is 17.6 Å². The molecule has 29 heavy (non-hydrogen) atoms. The third-order valence-electron chi connectivity index (χ3n) is 4.75. The fourth-order valence-corrected chi connectivity index (χ4v) is 4.34. The van der Waals surface area contributed by atoms with E-state index < -0.39 is 30.9 Å². The van der Waals surface area contributed by atoms with Gasteiger partial charge in [-0.3, -0.25) is 0 Å². The van der Waals surface area contributed by atoms with E-state index in [4.69, 9.17) is 9.94 Å². The van der Waals surface area contributed by atoms with Crippen molar-refractivity contribution in [2.75, 3.05) is 25.0 Å². The quantitative estimate of drug-likeness (QED) is 0.336. The topological polar surface area (TPSA) is 65.9 Å². The van der Waals surface area contributed by atoms with Crippen LogP contribution in [-0.2, 0) is 11.3 Å². The number of hydrogen-bond donors (Lipinski definition) is 3. The summed E-state index contributed by atoms with van der Waals surface area (Å²) in [5.74, 6) is 0. The van der Waals surface area contributed by atoms with E-state index in [0.717, 1.165) is 11.3 Å². The molecule has 0 saturated carbocycles. The molecule has 2 aromatic rings. The van der Waals surface area contributed by atoms with E-state index in [0.29, 0.717) is 33.6 Å². The molecule has 0 aliphatic carbocycles. The highest BCUT2D eigenvalue weighted by Gasteiger charge is 2.32. The minimum atomic E-state index is -4.39. The number of nitrogens with one attached hydrogen (secondary N) is 2. The van der Waals surface area contributed by atoms with Gasteiger partial charge in [-0.25, -0.2) is 4.39 Å². The standard InChI is InChI=1S/C19H23F4N3O2S/c1-2-11(10-27)28-25-9-17-13(6-19(21,22)23)12-4-3-5-15(18(12)29-17)26-16-8-24-7-14(16)20/h3-5,9,11,14,16,24,26-27H,2,6-8,10H2,1H3/b25-9+/t11-,14+,16-/m1/s1. The van der Waals surface area contributed by atoms with E-state index in [1.165, 1.54) is 6.21 Å². The minimum Gasteiger partial charge on any atom is -0.392 e. The van der Waals surface area contributed by atoms with E-state index in [-0.39, 0.29) is 18.7 Å². The highest BCUT2D eigenvalue weighted by Crippen LogP contribution is 2.39. The zero-order valence-electron chi connectivity index (χ0n) is 15.8. The van der Waals surface area contributed by atoms with Crippen LogP contribution in [0.5, 0.6) is 0 Å². The van der Waals surface area contributed by atoms with Crippen molar-refractivity contribution in [2.45, 2.75) is 44.3 Å². The largest absolute Gasteiger partial charge is 0.393 e. The van der Waals surface area contributed by atoms with Gasteiger partial charge in [-0.1, -0.05) is 24.2 Å². The first-order chi connectivity index (χ1) is 13.8. The lowest BCUT2D eigenvalue weighted by Gasteiger charge is -2.16. The van der Waals surface area contributed by atoms with Gasteiger partial charge in [0.05, 0.1) is 40.5 Å². The molecule has 0 unspecified atom stereocenters. The fourth-order valence-electron chi connectivity index (χ4n) is 3.18. The number of thiophene rings is 1. The van der Waals surface area contributed by atoms with Crippen molar-refractivity contribution in [3.05, 3.63) is 28.6 Å². The Morgan fingerprint density at radius 3 is 2.83 bits per heavy atom. The summed E-state index contributed by atoms with van der Waals surface area (Å²) in [7, 11) is 0. The Morgan fingerprint density at radius 2 is 2.21 bits per heavy atom. The second-order valence-corrected chi connectivity index (χ2v) is 7.95. The average Bonchev–Trinajstić information content (AvgIpc) is 3.22. The molecule has 0 amide bonds. The smallest absolute Gasteiger partial charge is 0.392 e. The zero-order valence-corrected chi connectivity index (χ0v) is 16.6. The molecule has 1 aliphatic rings. The van der Waals surface area contributed by atoms with Gasteiger partial charge in [0.15, 0.2) is 0 Å². The van der Waals surface area contributed by atoms with Crippen LogP contribution in [-0.4, -0.2) is 55.5 Å². The Labute approximate surface area is 169 Å². The van der Waals surface area contributed by atoms with Gasteiger partial charge in [0.1, 0.15) is 12.3 Å². The molecule has 2 heterocycles. The van der Waals surface area contributed by atoms with Crippen molar-refractivity contribution in [2.24, 2.45) is 5.16 Å². The molecule has 0 bridgehead atoms. The van der Waals surface area contributed by atoms with Gasteiger partial charge < -0.3 is 20.6 Å². The van der Waals surface area contributed by atoms with Crippen LogP contribution in [0, 0.1) is 0 Å². The van der Waals surface area contributed by atoms with Crippen molar-refractivity contribution >= 4 is 33.3 Å². The first kappa shape index (κ1) is 21.8. The second kappa shape index (κ2) is 9.27. The van der Waals surface area contributed by atoms with Crippen molar-refractivity contribution in [1.82, 2.24) is 5.32 Å². The molecular formula is C19H23F4N3O2S. The van der Waals surface area contributed by atoms with E-state index in [1.54, 1.807) is 25.1 Å². The third-order valence-corrected chi connectivity index (χ3v) is 5.96. The van der Waals surface area contributed by atoms with Gasteiger partial charge >= 0.3 is 6.18 Å². The van der Waals surface area contributed by atoms with Crippen LogP contribution >= 0.6 is 11.3 Å². The van der Waals surface area contributed by atoms with Crippen LogP contribution < -0.4 is 10.6 Å². The molecule has 1 aromatic carbocycles. The molecule has 1 aromatic heterocycles. The van der Waals surface area contributed by atoms with Crippen molar-refractivity contribution < 1.29 is 27.5 Å². The molecule has 0 radical (unpaired) electrons. The summed E-state index contributed by atoms with van der Waals surface area (Å²) in [6.07, 6.45) is -5.31. The summed E-state index contributed by atoms with van der Waals surface area (Å²) < 4.78 is 54.1. The SMILES string of the molecule is CC[C@H](CO)O/N=C/c1sc2c(N[C@@H]3CNC[C@@H]3F)cccc2c1CC(F)(F)F. The van der Waals surface area contributed by atoms with Crippen LogP contribution in [0.3, 0.4) is 0 Å². The van der Waals surface area contributed by atoms with Crippen LogP contribution in [0.4, 0.5) is 23.2 Å².